The molecule has 0 radical (unpaired) electrons. The van der Waals surface area contributed by atoms with Crippen LogP contribution in [0.15, 0.2) is 48.8 Å². The highest BCUT2D eigenvalue weighted by atomic mass is 19.1. The molecule has 100 valence electrons. The van der Waals surface area contributed by atoms with Crippen molar-refractivity contribution >= 4 is 5.91 Å². The second-order valence-electron chi connectivity index (χ2n) is 4.39. The summed E-state index contributed by atoms with van der Waals surface area (Å²) in [6.07, 6.45) is 5.17. The van der Waals surface area contributed by atoms with Crippen LogP contribution in [0.4, 0.5) is 4.39 Å². The molecule has 4 heteroatoms. The van der Waals surface area contributed by atoms with Crippen LogP contribution in [-0.2, 0) is 17.9 Å². The number of benzene rings is 1. The van der Waals surface area contributed by atoms with E-state index in [0.29, 0.717) is 12.0 Å². The van der Waals surface area contributed by atoms with Crippen molar-refractivity contribution in [1.82, 2.24) is 9.88 Å². The summed E-state index contributed by atoms with van der Waals surface area (Å²) in [6.45, 7) is 1.06. The van der Waals surface area contributed by atoms with Crippen molar-refractivity contribution in [2.24, 2.45) is 0 Å². The Bertz CT molecular complexity index is 523. The minimum absolute atomic E-state index is 0.0459. The Hall–Kier alpha value is -2.10. The molecule has 0 aliphatic carbocycles. The average Bonchev–Trinajstić information content (AvgIpc) is 2.91. The van der Waals surface area contributed by atoms with E-state index < -0.39 is 0 Å². The quantitative estimate of drug-likeness (QED) is 0.851. The number of carbonyl (C=O) groups is 1. The second-order valence-corrected chi connectivity index (χ2v) is 4.39. The standard InChI is InChI=1S/C15H17FN2O/c16-14-7-2-1-6-13(14)12-17-15(19)8-5-11-18-9-3-4-10-18/h1-4,6-7,9-10H,5,8,11-12H2,(H,17,19). The Labute approximate surface area is 112 Å². The lowest BCUT2D eigenvalue weighted by Gasteiger charge is -2.06. The van der Waals surface area contributed by atoms with Crippen LogP contribution in [0.25, 0.3) is 0 Å². The molecule has 1 heterocycles. The molecule has 1 N–H and O–H groups in total. The van der Waals surface area contributed by atoms with Crippen LogP contribution in [0.2, 0.25) is 0 Å². The summed E-state index contributed by atoms with van der Waals surface area (Å²) in [7, 11) is 0. The molecule has 3 nitrogen and oxygen atoms in total. The number of aryl methyl sites for hydroxylation is 1. The van der Waals surface area contributed by atoms with Crippen LogP contribution in [0.1, 0.15) is 18.4 Å². The van der Waals surface area contributed by atoms with Gasteiger partial charge in [0.05, 0.1) is 0 Å². The smallest absolute Gasteiger partial charge is 0.220 e. The predicted molar refractivity (Wildman–Crippen MR) is 71.9 cm³/mol. The second kappa shape index (κ2) is 6.73. The fourth-order valence-electron chi connectivity index (χ4n) is 1.87. The van der Waals surface area contributed by atoms with Crippen LogP contribution in [0.5, 0.6) is 0 Å². The molecule has 1 aromatic heterocycles. The SMILES string of the molecule is O=C(CCCn1cccc1)NCc1ccccc1F. The summed E-state index contributed by atoms with van der Waals surface area (Å²) >= 11 is 0. The van der Waals surface area contributed by atoms with E-state index in [1.165, 1.54) is 6.07 Å². The number of halogens is 1. The molecule has 0 saturated carbocycles. The number of carbonyl (C=O) groups excluding carboxylic acids is 1. The fourth-order valence-corrected chi connectivity index (χ4v) is 1.87. The summed E-state index contributed by atoms with van der Waals surface area (Å²) in [4.78, 5) is 11.6. The van der Waals surface area contributed by atoms with Gasteiger partial charge in [0.2, 0.25) is 5.91 Å². The van der Waals surface area contributed by atoms with Crippen LogP contribution in [0.3, 0.4) is 0 Å². The van der Waals surface area contributed by atoms with Gasteiger partial charge in [-0.1, -0.05) is 18.2 Å². The van der Waals surface area contributed by atoms with Crippen LogP contribution < -0.4 is 5.32 Å². The van der Waals surface area contributed by atoms with Crippen molar-refractivity contribution in [3.8, 4) is 0 Å². The maximum absolute atomic E-state index is 13.3. The van der Waals surface area contributed by atoms with Gasteiger partial charge in [0.15, 0.2) is 0 Å². The minimum atomic E-state index is -0.282. The molecule has 0 unspecified atom stereocenters. The summed E-state index contributed by atoms with van der Waals surface area (Å²) in [5, 5.41) is 2.73. The highest BCUT2D eigenvalue weighted by molar-refractivity contribution is 5.75. The molecular weight excluding hydrogens is 243 g/mol. The molecule has 0 atom stereocenters. The van der Waals surface area contributed by atoms with Gasteiger partial charge in [-0.2, -0.15) is 0 Å². The van der Waals surface area contributed by atoms with E-state index in [9.17, 15) is 9.18 Å². The van der Waals surface area contributed by atoms with Gasteiger partial charge in [-0.05, 0) is 24.6 Å². The first kappa shape index (κ1) is 13.3. The van der Waals surface area contributed by atoms with Crippen LogP contribution >= 0.6 is 0 Å². The molecule has 2 rings (SSSR count). The molecule has 0 spiro atoms. The first-order chi connectivity index (χ1) is 9.25. The maximum atomic E-state index is 13.3. The zero-order valence-electron chi connectivity index (χ0n) is 10.7. The molecular formula is C15H17FN2O. The topological polar surface area (TPSA) is 34.0 Å². The maximum Gasteiger partial charge on any atom is 0.220 e. The van der Waals surface area contributed by atoms with Gasteiger partial charge in [-0.25, -0.2) is 4.39 Å². The Morgan fingerprint density at radius 2 is 1.89 bits per heavy atom. The molecule has 0 saturated heterocycles. The van der Waals surface area contributed by atoms with Crippen molar-refractivity contribution in [2.75, 3.05) is 0 Å². The lowest BCUT2D eigenvalue weighted by atomic mass is 10.2. The van der Waals surface area contributed by atoms with Crippen molar-refractivity contribution < 1.29 is 9.18 Å². The Balaban J connectivity index is 1.69. The van der Waals surface area contributed by atoms with Crippen molar-refractivity contribution in [2.45, 2.75) is 25.9 Å². The van der Waals surface area contributed by atoms with Crippen molar-refractivity contribution in [3.05, 3.63) is 60.2 Å². The predicted octanol–water partition coefficient (Wildman–Crippen LogP) is 2.72. The van der Waals surface area contributed by atoms with E-state index in [2.05, 4.69) is 5.32 Å². The summed E-state index contributed by atoms with van der Waals surface area (Å²) in [5.74, 6) is -0.328. The largest absolute Gasteiger partial charge is 0.354 e. The zero-order valence-corrected chi connectivity index (χ0v) is 10.7. The van der Waals surface area contributed by atoms with E-state index >= 15 is 0 Å². The Morgan fingerprint density at radius 1 is 1.16 bits per heavy atom. The van der Waals surface area contributed by atoms with E-state index in [1.807, 2.05) is 29.1 Å². The summed E-state index contributed by atoms with van der Waals surface area (Å²) < 4.78 is 15.4. The fraction of sp³-hybridized carbons (Fsp3) is 0.267. The normalized spacial score (nSPS) is 10.4. The van der Waals surface area contributed by atoms with Gasteiger partial charge in [0, 0.05) is 37.5 Å². The number of hydrogen-bond donors (Lipinski definition) is 1. The molecule has 1 amide bonds. The number of rotatable bonds is 6. The number of hydrogen-bond acceptors (Lipinski definition) is 1. The van der Waals surface area contributed by atoms with Gasteiger partial charge in [-0.15, -0.1) is 0 Å². The molecule has 2 aromatic rings. The molecule has 1 aromatic carbocycles. The van der Waals surface area contributed by atoms with E-state index in [0.717, 1.165) is 13.0 Å². The average molecular weight is 260 g/mol. The number of amides is 1. The first-order valence-corrected chi connectivity index (χ1v) is 6.36. The van der Waals surface area contributed by atoms with Crippen LogP contribution in [-0.4, -0.2) is 10.5 Å². The summed E-state index contributed by atoms with van der Waals surface area (Å²) in [5.41, 5.74) is 0.515. The monoisotopic (exact) mass is 260 g/mol. The third-order valence-electron chi connectivity index (χ3n) is 2.92. The first-order valence-electron chi connectivity index (χ1n) is 6.36. The van der Waals surface area contributed by atoms with Gasteiger partial charge in [-0.3, -0.25) is 4.79 Å². The molecule has 0 fully saturated rings. The number of nitrogens with one attached hydrogen (secondary N) is 1. The Morgan fingerprint density at radius 3 is 2.63 bits per heavy atom. The lowest BCUT2D eigenvalue weighted by molar-refractivity contribution is -0.121. The van der Waals surface area contributed by atoms with Crippen molar-refractivity contribution in [1.29, 1.82) is 0 Å². The van der Waals surface area contributed by atoms with Gasteiger partial charge >= 0.3 is 0 Å². The van der Waals surface area contributed by atoms with E-state index in [4.69, 9.17) is 0 Å². The van der Waals surface area contributed by atoms with Crippen LogP contribution in [0, 0.1) is 5.82 Å². The van der Waals surface area contributed by atoms with Crippen molar-refractivity contribution in [3.63, 3.8) is 0 Å². The van der Waals surface area contributed by atoms with Gasteiger partial charge < -0.3 is 9.88 Å². The van der Waals surface area contributed by atoms with Gasteiger partial charge in [0.25, 0.3) is 0 Å². The highest BCUT2D eigenvalue weighted by Gasteiger charge is 2.04. The highest BCUT2D eigenvalue weighted by Crippen LogP contribution is 2.05. The van der Waals surface area contributed by atoms with Gasteiger partial charge in [0.1, 0.15) is 5.82 Å². The number of nitrogens with zero attached hydrogens (tertiary/aromatic N) is 1. The molecule has 0 aliphatic rings. The molecule has 0 bridgehead atoms. The minimum Gasteiger partial charge on any atom is -0.354 e. The third-order valence-corrected chi connectivity index (χ3v) is 2.92. The Kier molecular flexibility index (Phi) is 4.72. The molecule has 0 aliphatic heterocycles. The number of aromatic nitrogens is 1. The molecule has 19 heavy (non-hydrogen) atoms. The van der Waals surface area contributed by atoms with E-state index in [-0.39, 0.29) is 18.3 Å². The summed E-state index contributed by atoms with van der Waals surface area (Å²) in [6, 6.07) is 10.4. The zero-order chi connectivity index (χ0) is 13.5. The third kappa shape index (κ3) is 4.25. The lowest BCUT2D eigenvalue weighted by Crippen LogP contribution is -2.23. The van der Waals surface area contributed by atoms with E-state index in [1.54, 1.807) is 18.2 Å².